The van der Waals surface area contributed by atoms with Crippen LogP contribution in [0.15, 0.2) is 30.0 Å². The summed E-state index contributed by atoms with van der Waals surface area (Å²) < 4.78 is 6.29. The van der Waals surface area contributed by atoms with E-state index >= 15 is 0 Å². The van der Waals surface area contributed by atoms with Crippen molar-refractivity contribution >= 4 is 40.1 Å². The second kappa shape index (κ2) is 8.39. The topological polar surface area (TPSA) is 111 Å². The molecule has 0 atom stereocenters. The van der Waals surface area contributed by atoms with Gasteiger partial charge in [0, 0.05) is 11.4 Å². The van der Waals surface area contributed by atoms with Crippen LogP contribution in [0.1, 0.15) is 11.8 Å². The van der Waals surface area contributed by atoms with E-state index < -0.39 is 11.9 Å². The monoisotopic (exact) mass is 374 g/mol. The van der Waals surface area contributed by atoms with Crippen LogP contribution in [0.25, 0.3) is 11.0 Å². The Hall–Kier alpha value is -3.01. The Morgan fingerprint density at radius 1 is 1.35 bits per heavy atom. The van der Waals surface area contributed by atoms with Gasteiger partial charge in [0.2, 0.25) is 0 Å². The number of thiophene rings is 1. The Balaban J connectivity index is 1.62. The number of rotatable bonds is 7. The summed E-state index contributed by atoms with van der Waals surface area (Å²) in [6, 6.07) is 4.05. The molecule has 0 aliphatic carbocycles. The molecule has 0 radical (unpaired) electrons. The summed E-state index contributed by atoms with van der Waals surface area (Å²) in [5.41, 5.74) is 0.652. The van der Waals surface area contributed by atoms with Gasteiger partial charge >= 0.3 is 11.9 Å². The molecular weight excluding hydrogens is 356 g/mol. The van der Waals surface area contributed by atoms with Gasteiger partial charge in [0.05, 0.1) is 31.3 Å². The predicted octanol–water partition coefficient (Wildman–Crippen LogP) is 1.18. The molecule has 0 saturated carbocycles. The van der Waals surface area contributed by atoms with Crippen molar-refractivity contribution < 1.29 is 14.3 Å². The molecule has 1 amide bonds. The standard InChI is InChI=1S/C16H18N6O3S/c1-2-25-16(24)15(23)17-5-6-22-14-12(9-21-22)13(19-10-20-14)18-8-11-4-3-7-26-11/h3-4,7,9-10H,2,5-6,8H2,1H3,(H,17,23)(H,18,19,20). The van der Waals surface area contributed by atoms with Crippen LogP contribution >= 0.6 is 11.3 Å². The molecule has 3 rings (SSSR count). The van der Waals surface area contributed by atoms with Crippen molar-refractivity contribution in [1.82, 2.24) is 25.1 Å². The zero-order valence-corrected chi connectivity index (χ0v) is 15.0. The summed E-state index contributed by atoms with van der Waals surface area (Å²) >= 11 is 1.67. The van der Waals surface area contributed by atoms with Gasteiger partial charge < -0.3 is 15.4 Å². The van der Waals surface area contributed by atoms with Crippen LogP contribution in [0.3, 0.4) is 0 Å². The molecule has 0 aromatic carbocycles. The van der Waals surface area contributed by atoms with Gasteiger partial charge in [-0.1, -0.05) is 6.07 Å². The van der Waals surface area contributed by atoms with Crippen molar-refractivity contribution in [2.24, 2.45) is 0 Å². The SMILES string of the molecule is CCOC(=O)C(=O)NCCn1ncc2c(NCc3cccs3)ncnc21. The molecule has 0 spiro atoms. The molecule has 136 valence electrons. The number of esters is 1. The highest BCUT2D eigenvalue weighted by molar-refractivity contribution is 7.09. The number of aromatic nitrogens is 4. The maximum absolute atomic E-state index is 11.5. The van der Waals surface area contributed by atoms with Crippen LogP contribution in [0.4, 0.5) is 5.82 Å². The van der Waals surface area contributed by atoms with E-state index in [2.05, 4.69) is 30.4 Å². The lowest BCUT2D eigenvalue weighted by atomic mass is 10.3. The Kier molecular flexibility index (Phi) is 5.74. The van der Waals surface area contributed by atoms with Crippen molar-refractivity contribution in [3.63, 3.8) is 0 Å². The zero-order chi connectivity index (χ0) is 18.4. The highest BCUT2D eigenvalue weighted by Crippen LogP contribution is 2.20. The number of nitrogens with one attached hydrogen (secondary N) is 2. The molecule has 0 unspecified atom stereocenters. The van der Waals surface area contributed by atoms with Crippen molar-refractivity contribution in [2.45, 2.75) is 20.0 Å². The third-order valence-corrected chi connectivity index (χ3v) is 4.39. The van der Waals surface area contributed by atoms with E-state index in [1.807, 2.05) is 17.5 Å². The van der Waals surface area contributed by atoms with E-state index in [-0.39, 0.29) is 13.2 Å². The third-order valence-electron chi connectivity index (χ3n) is 3.51. The molecule has 0 bridgehead atoms. The van der Waals surface area contributed by atoms with Gasteiger partial charge in [-0.15, -0.1) is 11.3 Å². The molecule has 0 aliphatic heterocycles. The minimum absolute atomic E-state index is 0.161. The number of carbonyl (C=O) groups excluding carboxylic acids is 2. The fourth-order valence-corrected chi connectivity index (χ4v) is 2.97. The maximum Gasteiger partial charge on any atom is 0.396 e. The molecule has 3 aromatic rings. The second-order valence-corrected chi connectivity index (χ2v) is 6.27. The fraction of sp³-hybridized carbons (Fsp3) is 0.312. The van der Waals surface area contributed by atoms with E-state index in [1.165, 1.54) is 11.2 Å². The average Bonchev–Trinajstić information content (AvgIpc) is 3.30. The highest BCUT2D eigenvalue weighted by Gasteiger charge is 2.14. The fourth-order valence-electron chi connectivity index (χ4n) is 2.33. The molecule has 9 nitrogen and oxygen atoms in total. The largest absolute Gasteiger partial charge is 0.459 e. The number of hydrogen-bond acceptors (Lipinski definition) is 8. The van der Waals surface area contributed by atoms with Gasteiger partial charge in [-0.25, -0.2) is 19.4 Å². The van der Waals surface area contributed by atoms with Crippen molar-refractivity contribution in [1.29, 1.82) is 0 Å². The summed E-state index contributed by atoms with van der Waals surface area (Å²) in [4.78, 5) is 32.5. The lowest BCUT2D eigenvalue weighted by Crippen LogP contribution is -2.34. The van der Waals surface area contributed by atoms with E-state index in [9.17, 15) is 9.59 Å². The smallest absolute Gasteiger partial charge is 0.396 e. The Morgan fingerprint density at radius 3 is 3.00 bits per heavy atom. The second-order valence-electron chi connectivity index (χ2n) is 5.24. The van der Waals surface area contributed by atoms with Crippen LogP contribution in [0.5, 0.6) is 0 Å². The van der Waals surface area contributed by atoms with Crippen LogP contribution in [0.2, 0.25) is 0 Å². The molecule has 0 fully saturated rings. The Bertz CT molecular complexity index is 893. The zero-order valence-electron chi connectivity index (χ0n) is 14.1. The minimum Gasteiger partial charge on any atom is -0.459 e. The van der Waals surface area contributed by atoms with Crippen LogP contribution in [-0.2, 0) is 27.4 Å². The summed E-state index contributed by atoms with van der Waals surface area (Å²) in [7, 11) is 0. The number of ether oxygens (including phenoxy) is 1. The molecule has 0 saturated heterocycles. The first-order chi connectivity index (χ1) is 12.7. The average molecular weight is 374 g/mol. The Morgan fingerprint density at radius 2 is 2.23 bits per heavy atom. The molecule has 3 heterocycles. The van der Waals surface area contributed by atoms with Gasteiger partial charge in [0.15, 0.2) is 5.65 Å². The first-order valence-electron chi connectivity index (χ1n) is 8.06. The summed E-state index contributed by atoms with van der Waals surface area (Å²) in [5.74, 6) is -0.957. The van der Waals surface area contributed by atoms with Gasteiger partial charge in [-0.05, 0) is 18.4 Å². The molecule has 2 N–H and O–H groups in total. The molecule has 0 aliphatic rings. The summed E-state index contributed by atoms with van der Waals surface area (Å²) in [6.07, 6.45) is 3.15. The summed E-state index contributed by atoms with van der Waals surface area (Å²) in [5, 5.41) is 12.9. The normalized spacial score (nSPS) is 10.7. The first-order valence-corrected chi connectivity index (χ1v) is 8.94. The van der Waals surface area contributed by atoms with Crippen molar-refractivity contribution in [3.05, 3.63) is 34.9 Å². The number of hydrogen-bond donors (Lipinski definition) is 2. The molecule has 3 aromatic heterocycles. The highest BCUT2D eigenvalue weighted by atomic mass is 32.1. The molecule has 26 heavy (non-hydrogen) atoms. The van der Waals surface area contributed by atoms with Crippen molar-refractivity contribution in [2.75, 3.05) is 18.5 Å². The maximum atomic E-state index is 11.5. The number of anilines is 1. The lowest BCUT2D eigenvalue weighted by molar-refractivity contribution is -0.154. The minimum atomic E-state index is -0.889. The molecule has 10 heteroatoms. The lowest BCUT2D eigenvalue weighted by Gasteiger charge is -2.07. The van der Waals surface area contributed by atoms with E-state index in [0.717, 1.165) is 5.39 Å². The summed E-state index contributed by atoms with van der Waals surface area (Å²) in [6.45, 7) is 3.08. The quantitative estimate of drug-likeness (QED) is 0.472. The van der Waals surface area contributed by atoms with Crippen LogP contribution < -0.4 is 10.6 Å². The van der Waals surface area contributed by atoms with Crippen LogP contribution in [0, 0.1) is 0 Å². The number of amides is 1. The predicted molar refractivity (Wildman–Crippen MR) is 96.6 cm³/mol. The van der Waals surface area contributed by atoms with E-state index in [4.69, 9.17) is 0 Å². The number of carbonyl (C=O) groups is 2. The number of nitrogens with zero attached hydrogens (tertiary/aromatic N) is 4. The third kappa shape index (κ3) is 4.14. The van der Waals surface area contributed by atoms with Gasteiger partial charge in [-0.2, -0.15) is 5.10 Å². The van der Waals surface area contributed by atoms with Gasteiger partial charge in [0.25, 0.3) is 0 Å². The van der Waals surface area contributed by atoms with E-state index in [1.54, 1.807) is 29.1 Å². The first kappa shape index (κ1) is 17.8. The number of fused-ring (bicyclic) bond motifs is 1. The van der Waals surface area contributed by atoms with Gasteiger partial charge in [-0.3, -0.25) is 4.79 Å². The Labute approximate surface area is 153 Å². The molecular formula is C16H18N6O3S. The van der Waals surface area contributed by atoms with Gasteiger partial charge in [0.1, 0.15) is 12.1 Å². The van der Waals surface area contributed by atoms with E-state index in [0.29, 0.717) is 24.6 Å². The van der Waals surface area contributed by atoms with Crippen molar-refractivity contribution in [3.8, 4) is 0 Å². The van der Waals surface area contributed by atoms with Crippen LogP contribution in [-0.4, -0.2) is 44.8 Å².